The molecule has 0 fully saturated rings. The summed E-state index contributed by atoms with van der Waals surface area (Å²) in [7, 11) is 0. The van der Waals surface area contributed by atoms with E-state index in [0.29, 0.717) is 22.7 Å². The lowest BCUT2D eigenvalue weighted by Crippen LogP contribution is -2.12. The van der Waals surface area contributed by atoms with Crippen LogP contribution in [0.25, 0.3) is 0 Å². The van der Waals surface area contributed by atoms with Gasteiger partial charge in [0, 0.05) is 12.1 Å². The van der Waals surface area contributed by atoms with E-state index in [9.17, 15) is 4.79 Å². The van der Waals surface area contributed by atoms with Crippen LogP contribution in [0.4, 0.5) is 11.5 Å². The van der Waals surface area contributed by atoms with Crippen molar-refractivity contribution in [1.82, 2.24) is 4.98 Å². The van der Waals surface area contributed by atoms with Crippen molar-refractivity contribution in [2.75, 3.05) is 24.0 Å². The largest absolute Gasteiger partial charge is 0.454 e. The molecule has 0 spiro atoms. The summed E-state index contributed by atoms with van der Waals surface area (Å²) in [5, 5.41) is 6.11. The zero-order valence-electron chi connectivity index (χ0n) is 14.6. The molecule has 4 rings (SSSR count). The molecule has 27 heavy (non-hydrogen) atoms. The van der Waals surface area contributed by atoms with Crippen LogP contribution in [0.15, 0.2) is 66.9 Å². The average Bonchev–Trinajstić information content (AvgIpc) is 3.18. The van der Waals surface area contributed by atoms with Crippen LogP contribution in [0.5, 0.6) is 11.5 Å². The summed E-state index contributed by atoms with van der Waals surface area (Å²) in [4.78, 5) is 16.7. The Morgan fingerprint density at radius 3 is 2.67 bits per heavy atom. The average molecular weight is 361 g/mol. The molecule has 0 saturated heterocycles. The monoisotopic (exact) mass is 361 g/mol. The van der Waals surface area contributed by atoms with E-state index in [-0.39, 0.29) is 12.7 Å². The molecule has 136 valence electrons. The summed E-state index contributed by atoms with van der Waals surface area (Å²) in [5.41, 5.74) is 2.41. The molecule has 2 aromatic carbocycles. The zero-order chi connectivity index (χ0) is 18.5. The van der Waals surface area contributed by atoms with Crippen LogP contribution in [-0.2, 0) is 6.42 Å². The molecule has 0 saturated carbocycles. The molecule has 6 nitrogen and oxygen atoms in total. The van der Waals surface area contributed by atoms with Crippen molar-refractivity contribution in [2.45, 2.75) is 6.42 Å². The molecular formula is C21H19N3O3. The van der Waals surface area contributed by atoms with Crippen molar-refractivity contribution in [3.8, 4) is 11.5 Å². The fourth-order valence-electron chi connectivity index (χ4n) is 2.79. The second-order valence-electron chi connectivity index (χ2n) is 6.12. The number of anilines is 2. The van der Waals surface area contributed by atoms with Gasteiger partial charge in [-0.1, -0.05) is 30.3 Å². The van der Waals surface area contributed by atoms with Crippen molar-refractivity contribution < 1.29 is 14.3 Å². The first kappa shape index (κ1) is 16.9. The minimum Gasteiger partial charge on any atom is -0.454 e. The van der Waals surface area contributed by atoms with Gasteiger partial charge < -0.3 is 20.1 Å². The maximum atomic E-state index is 12.4. The molecular weight excluding hydrogens is 342 g/mol. The normalized spacial score (nSPS) is 11.9. The summed E-state index contributed by atoms with van der Waals surface area (Å²) < 4.78 is 10.6. The summed E-state index contributed by atoms with van der Waals surface area (Å²) >= 11 is 0. The first-order valence-electron chi connectivity index (χ1n) is 8.73. The topological polar surface area (TPSA) is 72.5 Å². The van der Waals surface area contributed by atoms with Crippen LogP contribution in [0.3, 0.4) is 0 Å². The third kappa shape index (κ3) is 4.17. The Hall–Kier alpha value is -3.54. The molecule has 1 aliphatic heterocycles. The number of ether oxygens (including phenoxy) is 2. The van der Waals surface area contributed by atoms with Crippen molar-refractivity contribution in [3.63, 3.8) is 0 Å². The smallest absolute Gasteiger partial charge is 0.255 e. The van der Waals surface area contributed by atoms with Gasteiger partial charge in [-0.05, 0) is 42.3 Å². The van der Waals surface area contributed by atoms with E-state index >= 15 is 0 Å². The highest BCUT2D eigenvalue weighted by atomic mass is 16.7. The molecule has 1 aromatic heterocycles. The molecule has 2 N–H and O–H groups in total. The van der Waals surface area contributed by atoms with Crippen LogP contribution in [0.2, 0.25) is 0 Å². The SMILES string of the molecule is O=C(Nc1ccc(NCCc2ccccc2)nc1)c1ccc2c(c1)OCO2. The number of nitrogens with zero attached hydrogens (tertiary/aromatic N) is 1. The Morgan fingerprint density at radius 1 is 1.00 bits per heavy atom. The Labute approximate surface area is 157 Å². The van der Waals surface area contributed by atoms with Crippen molar-refractivity contribution in [1.29, 1.82) is 0 Å². The molecule has 1 amide bonds. The van der Waals surface area contributed by atoms with E-state index in [0.717, 1.165) is 18.8 Å². The summed E-state index contributed by atoms with van der Waals surface area (Å²) in [5.74, 6) is 1.78. The first-order valence-corrected chi connectivity index (χ1v) is 8.73. The first-order chi connectivity index (χ1) is 13.3. The van der Waals surface area contributed by atoms with E-state index in [1.807, 2.05) is 30.3 Å². The molecule has 6 heteroatoms. The van der Waals surface area contributed by atoms with E-state index in [4.69, 9.17) is 9.47 Å². The molecule has 0 radical (unpaired) electrons. The lowest BCUT2D eigenvalue weighted by atomic mass is 10.1. The van der Waals surface area contributed by atoms with Gasteiger partial charge in [0.15, 0.2) is 11.5 Å². The van der Waals surface area contributed by atoms with Gasteiger partial charge in [-0.3, -0.25) is 4.79 Å². The standard InChI is InChI=1S/C21H19N3O3/c25-21(16-6-8-18-19(12-16)27-14-26-18)24-17-7-9-20(23-13-17)22-11-10-15-4-2-1-3-5-15/h1-9,12-13H,10-11,14H2,(H,22,23)(H,24,25). The Bertz CT molecular complexity index is 927. The minimum absolute atomic E-state index is 0.184. The lowest BCUT2D eigenvalue weighted by Gasteiger charge is -2.08. The maximum absolute atomic E-state index is 12.4. The fourth-order valence-corrected chi connectivity index (χ4v) is 2.79. The lowest BCUT2D eigenvalue weighted by molar-refractivity contribution is 0.102. The van der Waals surface area contributed by atoms with E-state index in [1.165, 1.54) is 5.56 Å². The van der Waals surface area contributed by atoms with E-state index in [1.54, 1.807) is 24.4 Å². The number of amides is 1. The molecule has 3 aromatic rings. The predicted octanol–water partition coefficient (Wildman–Crippen LogP) is 3.72. The van der Waals surface area contributed by atoms with Gasteiger partial charge in [-0.25, -0.2) is 4.98 Å². The molecule has 0 bridgehead atoms. The summed E-state index contributed by atoms with van der Waals surface area (Å²) in [6, 6.07) is 19.1. The van der Waals surface area contributed by atoms with E-state index < -0.39 is 0 Å². The van der Waals surface area contributed by atoms with Gasteiger partial charge in [0.1, 0.15) is 5.82 Å². The summed E-state index contributed by atoms with van der Waals surface area (Å²) in [6.45, 7) is 0.975. The van der Waals surface area contributed by atoms with Gasteiger partial charge in [0.05, 0.1) is 11.9 Å². The van der Waals surface area contributed by atoms with Crippen LogP contribution >= 0.6 is 0 Å². The number of nitrogens with one attached hydrogen (secondary N) is 2. The fraction of sp³-hybridized carbons (Fsp3) is 0.143. The molecule has 0 aliphatic carbocycles. The number of carbonyl (C=O) groups is 1. The third-order valence-electron chi connectivity index (χ3n) is 4.22. The number of aromatic nitrogens is 1. The second-order valence-corrected chi connectivity index (χ2v) is 6.12. The zero-order valence-corrected chi connectivity index (χ0v) is 14.6. The third-order valence-corrected chi connectivity index (χ3v) is 4.22. The number of fused-ring (bicyclic) bond motifs is 1. The highest BCUT2D eigenvalue weighted by molar-refractivity contribution is 6.04. The van der Waals surface area contributed by atoms with Gasteiger partial charge >= 0.3 is 0 Å². The highest BCUT2D eigenvalue weighted by Crippen LogP contribution is 2.32. The molecule has 0 unspecified atom stereocenters. The Kier molecular flexibility index (Phi) is 4.87. The summed E-state index contributed by atoms with van der Waals surface area (Å²) in [6.07, 6.45) is 2.56. The Morgan fingerprint density at radius 2 is 1.85 bits per heavy atom. The molecule has 0 atom stereocenters. The molecule has 2 heterocycles. The highest BCUT2D eigenvalue weighted by Gasteiger charge is 2.16. The van der Waals surface area contributed by atoms with Crippen molar-refractivity contribution in [3.05, 3.63) is 78.0 Å². The van der Waals surface area contributed by atoms with Crippen LogP contribution < -0.4 is 20.1 Å². The van der Waals surface area contributed by atoms with Gasteiger partial charge in [0.2, 0.25) is 6.79 Å². The number of carbonyl (C=O) groups excluding carboxylic acids is 1. The Balaban J connectivity index is 1.31. The van der Waals surface area contributed by atoms with Crippen molar-refractivity contribution >= 4 is 17.4 Å². The number of hydrogen-bond donors (Lipinski definition) is 2. The van der Waals surface area contributed by atoms with Gasteiger partial charge in [-0.15, -0.1) is 0 Å². The van der Waals surface area contributed by atoms with Crippen LogP contribution in [-0.4, -0.2) is 24.2 Å². The van der Waals surface area contributed by atoms with E-state index in [2.05, 4.69) is 27.8 Å². The van der Waals surface area contributed by atoms with Gasteiger partial charge in [0.25, 0.3) is 5.91 Å². The second kappa shape index (κ2) is 7.78. The predicted molar refractivity (Wildman–Crippen MR) is 103 cm³/mol. The quantitative estimate of drug-likeness (QED) is 0.700. The van der Waals surface area contributed by atoms with Gasteiger partial charge in [-0.2, -0.15) is 0 Å². The van der Waals surface area contributed by atoms with Crippen molar-refractivity contribution in [2.24, 2.45) is 0 Å². The number of benzene rings is 2. The number of hydrogen-bond acceptors (Lipinski definition) is 5. The maximum Gasteiger partial charge on any atom is 0.255 e. The number of pyridine rings is 1. The minimum atomic E-state index is -0.222. The number of rotatable bonds is 6. The van der Waals surface area contributed by atoms with Crippen LogP contribution in [0.1, 0.15) is 15.9 Å². The molecule has 1 aliphatic rings. The van der Waals surface area contributed by atoms with Crippen LogP contribution in [0, 0.1) is 0 Å².